The van der Waals surface area contributed by atoms with E-state index < -0.39 is 0 Å². The van der Waals surface area contributed by atoms with Crippen LogP contribution in [0.2, 0.25) is 10.0 Å². The van der Waals surface area contributed by atoms with Crippen molar-refractivity contribution >= 4 is 63.5 Å². The van der Waals surface area contributed by atoms with Crippen LogP contribution in [-0.4, -0.2) is 26.9 Å². The van der Waals surface area contributed by atoms with Gasteiger partial charge in [0.05, 0.1) is 4.91 Å². The minimum absolute atomic E-state index is 0.116. The molecule has 2 aliphatic rings. The lowest BCUT2D eigenvalue weighted by Gasteiger charge is -2.39. The number of carbonyl (C=O) groups is 1. The van der Waals surface area contributed by atoms with Crippen LogP contribution in [-0.2, 0) is 11.3 Å². The van der Waals surface area contributed by atoms with Gasteiger partial charge in [-0.2, -0.15) is 0 Å². The number of rotatable bonds is 6. The van der Waals surface area contributed by atoms with E-state index in [1.807, 2.05) is 42.5 Å². The molecule has 200 valence electrons. The Morgan fingerprint density at radius 3 is 2.56 bits per heavy atom. The highest BCUT2D eigenvalue weighted by atomic mass is 35.5. The molecule has 4 aromatic rings. The van der Waals surface area contributed by atoms with Gasteiger partial charge in [-0.05, 0) is 60.7 Å². The van der Waals surface area contributed by atoms with E-state index in [9.17, 15) is 4.79 Å². The topological polar surface area (TPSA) is 37.3 Å². The van der Waals surface area contributed by atoms with Crippen molar-refractivity contribution in [3.63, 3.8) is 0 Å². The lowest BCUT2D eigenvalue weighted by atomic mass is 9.85. The molecule has 4 nitrogen and oxygen atoms in total. The van der Waals surface area contributed by atoms with Crippen molar-refractivity contribution in [2.75, 3.05) is 5.32 Å². The van der Waals surface area contributed by atoms with Crippen LogP contribution in [0.5, 0.6) is 0 Å². The fourth-order valence-corrected chi connectivity index (χ4v) is 7.53. The number of nitrogens with zero attached hydrogens (tertiary/aromatic N) is 2. The Morgan fingerprint density at radius 2 is 1.77 bits per heavy atom. The predicted molar refractivity (Wildman–Crippen MR) is 165 cm³/mol. The minimum atomic E-state index is -0.141. The summed E-state index contributed by atoms with van der Waals surface area (Å²) in [5.74, 6) is 0.596. The average molecular weight is 577 g/mol. The van der Waals surface area contributed by atoms with E-state index in [0.29, 0.717) is 22.5 Å². The largest absolute Gasteiger partial charge is 0.356 e. The van der Waals surface area contributed by atoms with E-state index in [2.05, 4.69) is 58.2 Å². The fraction of sp³-hybridized carbons (Fsp3) is 0.281. The molecule has 1 N–H and O–H groups in total. The third kappa shape index (κ3) is 5.45. The summed E-state index contributed by atoms with van der Waals surface area (Å²) in [7, 11) is 0. The molecule has 0 bridgehead atoms. The molecule has 3 atom stereocenters. The van der Waals surface area contributed by atoms with Gasteiger partial charge in [0.2, 0.25) is 0 Å². The fourth-order valence-electron chi connectivity index (χ4n) is 5.86. The molecule has 1 amide bonds. The standard InChI is InChI=1S/C32H31Cl2N3OS/c1-21-9-5-7-13-28(21)37-31(38)30(39-32(37)35-25-10-3-2-4-11-25)17-23-20-36(29-14-8-6-12-26(23)29)19-22-15-16-24(33)18-27(22)34/h2-4,6,8,10-12,14-18,20-21,28,32,35H,5,7,9,13,19H2,1H3/b30-17-/t21-,28+,32?/m0/s1. The number of hydrogen-bond acceptors (Lipinski definition) is 3. The van der Waals surface area contributed by atoms with Crippen molar-refractivity contribution in [3.8, 4) is 0 Å². The van der Waals surface area contributed by atoms with Crippen molar-refractivity contribution < 1.29 is 4.79 Å². The van der Waals surface area contributed by atoms with Crippen LogP contribution in [0.4, 0.5) is 5.69 Å². The second-order valence-corrected chi connectivity index (χ2v) is 12.5. The van der Waals surface area contributed by atoms with E-state index >= 15 is 0 Å². The normalized spacial score (nSPS) is 22.6. The van der Waals surface area contributed by atoms with Gasteiger partial charge in [-0.15, -0.1) is 0 Å². The van der Waals surface area contributed by atoms with Crippen molar-refractivity contribution in [1.82, 2.24) is 9.47 Å². The average Bonchev–Trinajstić information content (AvgIpc) is 3.43. The number of hydrogen-bond donors (Lipinski definition) is 1. The second-order valence-electron chi connectivity index (χ2n) is 10.5. The molecule has 6 rings (SSSR count). The Bertz CT molecular complexity index is 1530. The number of carbonyl (C=O) groups excluding carboxylic acids is 1. The van der Waals surface area contributed by atoms with Gasteiger partial charge in [-0.1, -0.05) is 97.2 Å². The number of para-hydroxylation sites is 2. The lowest BCUT2D eigenvalue weighted by Crippen LogP contribution is -2.48. The molecule has 2 fully saturated rings. The molecule has 0 radical (unpaired) electrons. The molecule has 0 spiro atoms. The van der Waals surface area contributed by atoms with E-state index in [-0.39, 0.29) is 17.4 Å². The molecule has 3 aromatic carbocycles. The van der Waals surface area contributed by atoms with Crippen LogP contribution in [0.3, 0.4) is 0 Å². The molecular formula is C32H31Cl2N3OS. The van der Waals surface area contributed by atoms with Gasteiger partial charge in [0.25, 0.3) is 5.91 Å². The summed E-state index contributed by atoms with van der Waals surface area (Å²) in [5.41, 5.74) is 4.01. The van der Waals surface area contributed by atoms with Crippen LogP contribution in [0.1, 0.15) is 43.7 Å². The molecular weight excluding hydrogens is 545 g/mol. The molecule has 1 unspecified atom stereocenters. The Balaban J connectivity index is 1.36. The summed E-state index contributed by atoms with van der Waals surface area (Å²) in [4.78, 5) is 16.9. The van der Waals surface area contributed by atoms with Crippen molar-refractivity contribution in [2.45, 2.75) is 50.7 Å². The van der Waals surface area contributed by atoms with Crippen LogP contribution >= 0.6 is 35.0 Å². The van der Waals surface area contributed by atoms with E-state index in [0.717, 1.165) is 45.5 Å². The monoisotopic (exact) mass is 575 g/mol. The predicted octanol–water partition coefficient (Wildman–Crippen LogP) is 8.89. The number of benzene rings is 3. The zero-order chi connectivity index (χ0) is 26.9. The second kappa shape index (κ2) is 11.3. The molecule has 1 aliphatic carbocycles. The first-order valence-electron chi connectivity index (χ1n) is 13.5. The van der Waals surface area contributed by atoms with E-state index in [1.165, 1.54) is 12.8 Å². The molecule has 1 aromatic heterocycles. The molecule has 1 saturated carbocycles. The first-order valence-corrected chi connectivity index (χ1v) is 15.2. The number of fused-ring (bicyclic) bond motifs is 1. The summed E-state index contributed by atoms with van der Waals surface area (Å²) in [5, 5.41) is 6.02. The Kier molecular flexibility index (Phi) is 7.66. The molecule has 39 heavy (non-hydrogen) atoms. The third-order valence-corrected chi connectivity index (χ3v) is 9.59. The molecule has 1 aliphatic heterocycles. The number of thioether (sulfide) groups is 1. The summed E-state index contributed by atoms with van der Waals surface area (Å²) in [6.07, 6.45) is 8.82. The number of amides is 1. The van der Waals surface area contributed by atoms with Crippen LogP contribution in [0, 0.1) is 5.92 Å². The van der Waals surface area contributed by atoms with Crippen molar-refractivity contribution in [3.05, 3.63) is 105 Å². The highest BCUT2D eigenvalue weighted by Gasteiger charge is 2.43. The van der Waals surface area contributed by atoms with Crippen LogP contribution in [0.25, 0.3) is 17.0 Å². The van der Waals surface area contributed by atoms with Gasteiger partial charge in [0, 0.05) is 51.0 Å². The van der Waals surface area contributed by atoms with Gasteiger partial charge in [0.1, 0.15) is 0 Å². The quantitative estimate of drug-likeness (QED) is 0.233. The van der Waals surface area contributed by atoms with Crippen molar-refractivity contribution in [2.24, 2.45) is 5.92 Å². The van der Waals surface area contributed by atoms with Gasteiger partial charge in [-0.25, -0.2) is 0 Å². The number of anilines is 1. The van der Waals surface area contributed by atoms with Crippen LogP contribution in [0.15, 0.2) is 83.9 Å². The summed E-state index contributed by atoms with van der Waals surface area (Å²) >= 11 is 14.3. The number of halogens is 2. The van der Waals surface area contributed by atoms with E-state index in [4.69, 9.17) is 23.2 Å². The summed E-state index contributed by atoms with van der Waals surface area (Å²) < 4.78 is 2.20. The van der Waals surface area contributed by atoms with Gasteiger partial charge >= 0.3 is 0 Å². The maximum absolute atomic E-state index is 14.0. The summed E-state index contributed by atoms with van der Waals surface area (Å²) in [6, 6.07) is 24.3. The highest BCUT2D eigenvalue weighted by molar-refractivity contribution is 8.05. The third-order valence-electron chi connectivity index (χ3n) is 7.89. The maximum atomic E-state index is 14.0. The van der Waals surface area contributed by atoms with Crippen molar-refractivity contribution in [1.29, 1.82) is 0 Å². The summed E-state index contributed by atoms with van der Waals surface area (Å²) in [6.45, 7) is 2.91. The zero-order valence-electron chi connectivity index (χ0n) is 21.8. The lowest BCUT2D eigenvalue weighted by molar-refractivity contribution is -0.129. The molecule has 1 saturated heterocycles. The first-order chi connectivity index (χ1) is 19.0. The Labute approximate surface area is 244 Å². The molecule has 7 heteroatoms. The molecule has 2 heterocycles. The van der Waals surface area contributed by atoms with Gasteiger partial charge in [0.15, 0.2) is 5.50 Å². The van der Waals surface area contributed by atoms with E-state index in [1.54, 1.807) is 17.8 Å². The number of nitrogens with one attached hydrogen (secondary N) is 1. The minimum Gasteiger partial charge on any atom is -0.356 e. The SMILES string of the molecule is C[C@H]1CCCC[C@H]1N1C(=O)/C(=C/c2cn(Cc3ccc(Cl)cc3Cl)c3ccccc23)SC1Nc1ccccc1. The highest BCUT2D eigenvalue weighted by Crippen LogP contribution is 2.43. The maximum Gasteiger partial charge on any atom is 0.262 e. The van der Waals surface area contributed by atoms with Gasteiger partial charge in [-0.3, -0.25) is 4.79 Å². The van der Waals surface area contributed by atoms with Crippen LogP contribution < -0.4 is 5.32 Å². The van der Waals surface area contributed by atoms with Gasteiger partial charge < -0.3 is 14.8 Å². The zero-order valence-corrected chi connectivity index (χ0v) is 24.1. The first kappa shape index (κ1) is 26.4. The number of aromatic nitrogens is 1. The Hall–Kier alpha value is -2.86. The Morgan fingerprint density at radius 1 is 1.00 bits per heavy atom. The smallest absolute Gasteiger partial charge is 0.262 e.